The molecule has 2 rings (SSSR count). The van der Waals surface area contributed by atoms with Gasteiger partial charge >= 0.3 is 6.03 Å². The molecule has 1 heterocycles. The van der Waals surface area contributed by atoms with E-state index in [4.69, 9.17) is 0 Å². The fraction of sp³-hybridized carbons (Fsp3) is 0.846. The fourth-order valence-electron chi connectivity index (χ4n) is 2.82. The fourth-order valence-corrected chi connectivity index (χ4v) is 2.82. The lowest BCUT2D eigenvalue weighted by molar-refractivity contribution is -0.127. The predicted molar refractivity (Wildman–Crippen MR) is 69.2 cm³/mol. The molecule has 18 heavy (non-hydrogen) atoms. The van der Waals surface area contributed by atoms with E-state index < -0.39 is 0 Å². The van der Waals surface area contributed by atoms with Crippen LogP contribution in [0.15, 0.2) is 0 Å². The topological polar surface area (TPSA) is 61.4 Å². The van der Waals surface area contributed by atoms with Crippen LogP contribution in [0.4, 0.5) is 4.79 Å². The van der Waals surface area contributed by atoms with Gasteiger partial charge in [0.05, 0.1) is 0 Å². The van der Waals surface area contributed by atoms with Gasteiger partial charge in [0.1, 0.15) is 0 Å². The molecule has 2 N–H and O–H groups in total. The first-order valence-corrected chi connectivity index (χ1v) is 6.97. The Morgan fingerprint density at radius 2 is 1.67 bits per heavy atom. The minimum Gasteiger partial charge on any atom is -0.341 e. The molecule has 1 aliphatic carbocycles. The van der Waals surface area contributed by atoms with E-state index in [1.54, 1.807) is 11.8 Å². The van der Waals surface area contributed by atoms with Crippen LogP contribution < -0.4 is 10.6 Å². The summed E-state index contributed by atoms with van der Waals surface area (Å²) in [6, 6.07) is 0.374. The predicted octanol–water partition coefficient (Wildman–Crippen LogP) is 1.24. The van der Waals surface area contributed by atoms with Crippen LogP contribution in [0, 0.1) is 0 Å². The highest BCUT2D eigenvalue weighted by molar-refractivity contribution is 5.76. The molecule has 0 aromatic heterocycles. The van der Waals surface area contributed by atoms with Crippen molar-refractivity contribution in [3.8, 4) is 0 Å². The number of nitrogens with zero attached hydrogens (tertiary/aromatic N) is 1. The van der Waals surface area contributed by atoms with Crippen molar-refractivity contribution < 1.29 is 9.59 Å². The zero-order chi connectivity index (χ0) is 13.0. The molecule has 2 fully saturated rings. The van der Waals surface area contributed by atoms with E-state index in [1.165, 1.54) is 19.3 Å². The average Bonchev–Trinajstić information content (AvgIpc) is 2.78. The van der Waals surface area contributed by atoms with Crippen LogP contribution in [-0.4, -0.2) is 42.0 Å². The Kier molecular flexibility index (Phi) is 4.44. The summed E-state index contributed by atoms with van der Waals surface area (Å²) < 4.78 is 0. The maximum absolute atomic E-state index is 11.8. The number of carbonyl (C=O) groups is 2. The lowest BCUT2D eigenvalue weighted by Crippen LogP contribution is -2.47. The summed E-state index contributed by atoms with van der Waals surface area (Å²) in [6.45, 7) is 2.97. The van der Waals surface area contributed by atoms with E-state index in [2.05, 4.69) is 10.6 Å². The van der Waals surface area contributed by atoms with Gasteiger partial charge in [-0.1, -0.05) is 19.3 Å². The van der Waals surface area contributed by atoms with Crippen molar-refractivity contribution in [3.05, 3.63) is 0 Å². The second kappa shape index (κ2) is 6.07. The SMILES string of the molecule is CC(=O)N1CCC(NC(=O)NC2CCCCC2)C1. The summed E-state index contributed by atoms with van der Waals surface area (Å²) in [7, 11) is 0. The normalized spacial score (nSPS) is 24.9. The smallest absolute Gasteiger partial charge is 0.315 e. The van der Waals surface area contributed by atoms with Gasteiger partial charge in [0, 0.05) is 32.1 Å². The largest absolute Gasteiger partial charge is 0.341 e. The highest BCUT2D eigenvalue weighted by Crippen LogP contribution is 2.17. The summed E-state index contributed by atoms with van der Waals surface area (Å²) in [5.41, 5.74) is 0. The molecule has 0 spiro atoms. The maximum Gasteiger partial charge on any atom is 0.315 e. The van der Waals surface area contributed by atoms with Crippen molar-refractivity contribution in [2.24, 2.45) is 0 Å². The molecule has 0 aromatic carbocycles. The minimum atomic E-state index is -0.0719. The third kappa shape index (κ3) is 3.62. The lowest BCUT2D eigenvalue weighted by atomic mass is 9.96. The van der Waals surface area contributed by atoms with E-state index in [0.29, 0.717) is 12.6 Å². The monoisotopic (exact) mass is 253 g/mol. The number of nitrogens with one attached hydrogen (secondary N) is 2. The lowest BCUT2D eigenvalue weighted by Gasteiger charge is -2.24. The van der Waals surface area contributed by atoms with Crippen LogP contribution in [-0.2, 0) is 4.79 Å². The van der Waals surface area contributed by atoms with Crippen LogP contribution in [0.3, 0.4) is 0 Å². The molecule has 2 aliphatic rings. The van der Waals surface area contributed by atoms with Gasteiger partial charge in [-0.15, -0.1) is 0 Å². The van der Waals surface area contributed by atoms with Gasteiger partial charge in [0.15, 0.2) is 0 Å². The van der Waals surface area contributed by atoms with Crippen LogP contribution in [0.2, 0.25) is 0 Å². The maximum atomic E-state index is 11.8. The molecule has 1 atom stereocenters. The van der Waals surface area contributed by atoms with Crippen molar-refractivity contribution in [3.63, 3.8) is 0 Å². The molecule has 1 saturated heterocycles. The number of urea groups is 1. The van der Waals surface area contributed by atoms with Crippen LogP contribution in [0.1, 0.15) is 45.4 Å². The second-order valence-electron chi connectivity index (χ2n) is 5.40. The van der Waals surface area contributed by atoms with Crippen LogP contribution >= 0.6 is 0 Å². The number of hydrogen-bond donors (Lipinski definition) is 2. The Balaban J connectivity index is 1.69. The third-order valence-corrected chi connectivity index (χ3v) is 3.91. The molecule has 1 saturated carbocycles. The van der Waals surface area contributed by atoms with Gasteiger partial charge < -0.3 is 15.5 Å². The molecule has 3 amide bonds. The van der Waals surface area contributed by atoms with Gasteiger partial charge in [0.2, 0.25) is 5.91 Å². The van der Waals surface area contributed by atoms with Crippen molar-refractivity contribution in [2.75, 3.05) is 13.1 Å². The van der Waals surface area contributed by atoms with E-state index in [-0.39, 0.29) is 18.0 Å². The standard InChI is InChI=1S/C13H23N3O2/c1-10(17)16-8-7-12(9-16)15-13(18)14-11-5-3-2-4-6-11/h11-12H,2-9H2,1H3,(H2,14,15,18). The summed E-state index contributed by atoms with van der Waals surface area (Å²) in [5.74, 6) is 0.0898. The third-order valence-electron chi connectivity index (χ3n) is 3.91. The van der Waals surface area contributed by atoms with Gasteiger partial charge in [-0.3, -0.25) is 4.79 Å². The average molecular weight is 253 g/mol. The highest BCUT2D eigenvalue weighted by atomic mass is 16.2. The molecule has 0 radical (unpaired) electrons. The zero-order valence-electron chi connectivity index (χ0n) is 11.1. The molecule has 102 valence electrons. The van der Waals surface area contributed by atoms with Crippen molar-refractivity contribution in [2.45, 2.75) is 57.5 Å². The molecule has 5 heteroatoms. The van der Waals surface area contributed by atoms with Gasteiger partial charge in [-0.05, 0) is 19.3 Å². The summed E-state index contributed by atoms with van der Waals surface area (Å²) in [4.78, 5) is 24.8. The molecular formula is C13H23N3O2. The Labute approximate surface area is 108 Å². The van der Waals surface area contributed by atoms with Gasteiger partial charge in [0.25, 0.3) is 0 Å². The van der Waals surface area contributed by atoms with E-state index in [1.807, 2.05) is 0 Å². The second-order valence-corrected chi connectivity index (χ2v) is 5.40. The zero-order valence-corrected chi connectivity index (χ0v) is 11.1. The van der Waals surface area contributed by atoms with Crippen LogP contribution in [0.25, 0.3) is 0 Å². The number of carbonyl (C=O) groups excluding carboxylic acids is 2. The Bertz CT molecular complexity index is 313. The van der Waals surface area contributed by atoms with E-state index in [0.717, 1.165) is 25.8 Å². The quantitative estimate of drug-likeness (QED) is 0.778. The van der Waals surface area contributed by atoms with Crippen molar-refractivity contribution in [1.82, 2.24) is 15.5 Å². The number of likely N-dealkylation sites (tertiary alicyclic amines) is 1. The molecule has 0 aromatic rings. The minimum absolute atomic E-state index is 0.0719. The van der Waals surface area contributed by atoms with Crippen molar-refractivity contribution >= 4 is 11.9 Å². The molecule has 5 nitrogen and oxygen atoms in total. The van der Waals surface area contributed by atoms with Gasteiger partial charge in [-0.2, -0.15) is 0 Å². The number of amides is 3. The van der Waals surface area contributed by atoms with Crippen molar-refractivity contribution in [1.29, 1.82) is 0 Å². The molecule has 0 bridgehead atoms. The number of rotatable bonds is 2. The summed E-state index contributed by atoms with van der Waals surface area (Å²) in [6.07, 6.45) is 6.77. The Morgan fingerprint density at radius 1 is 1.00 bits per heavy atom. The highest BCUT2D eigenvalue weighted by Gasteiger charge is 2.26. The summed E-state index contributed by atoms with van der Waals surface area (Å²) >= 11 is 0. The Morgan fingerprint density at radius 3 is 2.28 bits per heavy atom. The van der Waals surface area contributed by atoms with Gasteiger partial charge in [-0.25, -0.2) is 4.79 Å². The van der Waals surface area contributed by atoms with E-state index in [9.17, 15) is 9.59 Å². The molecule has 1 unspecified atom stereocenters. The first-order valence-electron chi connectivity index (χ1n) is 6.97. The summed E-state index contributed by atoms with van der Waals surface area (Å²) in [5, 5.41) is 6.00. The number of hydrogen-bond acceptors (Lipinski definition) is 2. The van der Waals surface area contributed by atoms with Crippen LogP contribution in [0.5, 0.6) is 0 Å². The molecule has 1 aliphatic heterocycles. The molecular weight excluding hydrogens is 230 g/mol. The first-order chi connectivity index (χ1) is 8.65. The van der Waals surface area contributed by atoms with E-state index >= 15 is 0 Å². The Hall–Kier alpha value is -1.26. The first kappa shape index (κ1) is 13.2.